The van der Waals surface area contributed by atoms with Crippen LogP contribution in [0.25, 0.3) is 0 Å². The number of aliphatic imine (C=N–C) groups is 1. The Kier molecular flexibility index (Phi) is 7.93. The highest BCUT2D eigenvalue weighted by Crippen LogP contribution is 2.45. The minimum atomic E-state index is 0. The van der Waals surface area contributed by atoms with Crippen molar-refractivity contribution in [3.8, 4) is 5.75 Å². The van der Waals surface area contributed by atoms with Gasteiger partial charge in [-0.15, -0.1) is 24.0 Å². The minimum Gasteiger partial charge on any atom is -0.495 e. The van der Waals surface area contributed by atoms with E-state index in [0.717, 1.165) is 37.9 Å². The monoisotopic (exact) mass is 512 g/mol. The van der Waals surface area contributed by atoms with Gasteiger partial charge >= 0.3 is 0 Å². The third-order valence-electron chi connectivity index (χ3n) is 6.95. The number of nitrogens with zero attached hydrogens (tertiary/aromatic N) is 3. The zero-order valence-electron chi connectivity index (χ0n) is 18.0. The smallest absolute Gasteiger partial charge is 0.193 e. The van der Waals surface area contributed by atoms with Crippen LogP contribution in [-0.2, 0) is 0 Å². The lowest BCUT2D eigenvalue weighted by atomic mass is 9.86. The van der Waals surface area contributed by atoms with Gasteiger partial charge < -0.3 is 19.9 Å². The molecule has 4 rings (SSSR count). The molecule has 0 aromatic heterocycles. The van der Waals surface area contributed by atoms with Gasteiger partial charge in [-0.05, 0) is 56.1 Å². The molecular formula is C23H37IN4O. The highest BCUT2D eigenvalue weighted by Gasteiger charge is 2.41. The summed E-state index contributed by atoms with van der Waals surface area (Å²) in [5, 5.41) is 3.56. The summed E-state index contributed by atoms with van der Waals surface area (Å²) in [5.74, 6) is 2.72. The van der Waals surface area contributed by atoms with Crippen molar-refractivity contribution in [1.29, 1.82) is 0 Å². The summed E-state index contributed by atoms with van der Waals surface area (Å²) in [7, 11) is 1.76. The Morgan fingerprint density at radius 2 is 2.00 bits per heavy atom. The molecule has 5 nitrogen and oxygen atoms in total. The molecule has 1 spiro atoms. The first-order chi connectivity index (χ1) is 13.7. The fourth-order valence-electron chi connectivity index (χ4n) is 5.38. The van der Waals surface area contributed by atoms with Crippen molar-refractivity contribution in [3.05, 3.63) is 24.3 Å². The van der Waals surface area contributed by atoms with Crippen LogP contribution in [0.15, 0.2) is 29.3 Å². The molecule has 162 valence electrons. The van der Waals surface area contributed by atoms with Gasteiger partial charge in [0.25, 0.3) is 0 Å². The summed E-state index contributed by atoms with van der Waals surface area (Å²) < 4.78 is 5.55. The Labute approximate surface area is 193 Å². The molecule has 1 N–H and O–H groups in total. The maximum atomic E-state index is 5.55. The van der Waals surface area contributed by atoms with Crippen LogP contribution >= 0.6 is 24.0 Å². The number of hydrogen-bond acceptors (Lipinski definition) is 3. The predicted molar refractivity (Wildman–Crippen MR) is 132 cm³/mol. The van der Waals surface area contributed by atoms with Gasteiger partial charge in [0.15, 0.2) is 5.96 Å². The average molecular weight is 512 g/mol. The molecular weight excluding hydrogens is 475 g/mol. The number of guanidine groups is 1. The van der Waals surface area contributed by atoms with Gasteiger partial charge in [-0.25, -0.2) is 0 Å². The van der Waals surface area contributed by atoms with E-state index < -0.39 is 0 Å². The summed E-state index contributed by atoms with van der Waals surface area (Å²) in [6, 6.07) is 8.35. The van der Waals surface area contributed by atoms with Gasteiger partial charge in [0.1, 0.15) is 5.75 Å². The van der Waals surface area contributed by atoms with Crippen LogP contribution in [0.4, 0.5) is 5.69 Å². The third-order valence-corrected chi connectivity index (χ3v) is 6.95. The maximum Gasteiger partial charge on any atom is 0.193 e. The van der Waals surface area contributed by atoms with Crippen molar-refractivity contribution >= 4 is 35.6 Å². The highest BCUT2D eigenvalue weighted by molar-refractivity contribution is 14.0. The molecule has 29 heavy (non-hydrogen) atoms. The van der Waals surface area contributed by atoms with E-state index >= 15 is 0 Å². The Bertz CT molecular complexity index is 689. The number of nitrogens with one attached hydrogen (secondary N) is 1. The van der Waals surface area contributed by atoms with E-state index in [-0.39, 0.29) is 24.0 Å². The summed E-state index contributed by atoms with van der Waals surface area (Å²) in [6.07, 6.45) is 8.22. The molecule has 1 unspecified atom stereocenters. The Hall–Kier alpha value is -1.18. The van der Waals surface area contributed by atoms with Crippen LogP contribution < -0.4 is 15.0 Å². The van der Waals surface area contributed by atoms with E-state index in [1.54, 1.807) is 7.11 Å². The average Bonchev–Trinajstić information content (AvgIpc) is 3.48. The van der Waals surface area contributed by atoms with E-state index in [4.69, 9.17) is 9.73 Å². The number of benzene rings is 1. The zero-order chi connectivity index (χ0) is 19.4. The summed E-state index contributed by atoms with van der Waals surface area (Å²) in [4.78, 5) is 10.1. The van der Waals surface area contributed by atoms with Crippen molar-refractivity contribution in [2.45, 2.75) is 45.4 Å². The van der Waals surface area contributed by atoms with Crippen molar-refractivity contribution < 1.29 is 4.74 Å². The van der Waals surface area contributed by atoms with Crippen LogP contribution in [-0.4, -0.2) is 57.2 Å². The number of likely N-dealkylation sites (tertiary alicyclic amines) is 1. The molecule has 1 aromatic carbocycles. The number of methoxy groups -OCH3 is 1. The predicted octanol–water partition coefficient (Wildman–Crippen LogP) is 4.37. The van der Waals surface area contributed by atoms with E-state index in [1.807, 2.05) is 6.07 Å². The molecule has 2 saturated heterocycles. The van der Waals surface area contributed by atoms with E-state index in [9.17, 15) is 0 Å². The number of hydrogen-bond donors (Lipinski definition) is 1. The molecule has 0 bridgehead atoms. The van der Waals surface area contributed by atoms with Crippen molar-refractivity contribution in [1.82, 2.24) is 10.2 Å². The lowest BCUT2D eigenvalue weighted by Crippen LogP contribution is -2.41. The molecule has 0 radical (unpaired) electrons. The first-order valence-corrected chi connectivity index (χ1v) is 11.1. The summed E-state index contributed by atoms with van der Waals surface area (Å²) >= 11 is 0. The fraction of sp³-hybridized carbons (Fsp3) is 0.696. The fourth-order valence-corrected chi connectivity index (χ4v) is 5.38. The molecule has 1 aromatic rings. The topological polar surface area (TPSA) is 40.1 Å². The number of rotatable bonds is 5. The van der Waals surface area contributed by atoms with Crippen LogP contribution in [0, 0.1) is 11.3 Å². The van der Waals surface area contributed by atoms with Crippen molar-refractivity contribution in [2.24, 2.45) is 16.3 Å². The normalized spacial score (nSPS) is 23.5. The molecule has 2 aliphatic heterocycles. The summed E-state index contributed by atoms with van der Waals surface area (Å²) in [5.41, 5.74) is 1.80. The minimum absolute atomic E-state index is 0. The van der Waals surface area contributed by atoms with Gasteiger partial charge in [0.05, 0.1) is 12.8 Å². The van der Waals surface area contributed by atoms with Crippen LogP contribution in [0.1, 0.15) is 45.4 Å². The molecule has 0 amide bonds. The first kappa shape index (κ1) is 22.5. The van der Waals surface area contributed by atoms with Crippen LogP contribution in [0.2, 0.25) is 0 Å². The largest absolute Gasteiger partial charge is 0.495 e. The number of ether oxygens (including phenoxy) is 1. The molecule has 1 atom stereocenters. The van der Waals surface area contributed by atoms with Gasteiger partial charge in [0, 0.05) is 39.3 Å². The van der Waals surface area contributed by atoms with Gasteiger partial charge in [-0.3, -0.25) is 4.99 Å². The van der Waals surface area contributed by atoms with Gasteiger partial charge in [-0.2, -0.15) is 0 Å². The molecule has 3 aliphatic rings. The molecule has 1 aliphatic carbocycles. The highest BCUT2D eigenvalue weighted by atomic mass is 127. The second-order valence-electron chi connectivity index (χ2n) is 8.85. The van der Waals surface area contributed by atoms with Gasteiger partial charge in [-0.1, -0.05) is 25.0 Å². The van der Waals surface area contributed by atoms with Crippen LogP contribution in [0.3, 0.4) is 0 Å². The second-order valence-corrected chi connectivity index (χ2v) is 8.85. The molecule has 2 heterocycles. The Balaban J connectivity index is 0.00000240. The molecule has 6 heteroatoms. The summed E-state index contributed by atoms with van der Waals surface area (Å²) in [6.45, 7) is 8.56. The molecule has 3 fully saturated rings. The van der Waals surface area contributed by atoms with E-state index in [0.29, 0.717) is 11.3 Å². The lowest BCUT2D eigenvalue weighted by molar-refractivity contribution is 0.309. The molecule has 1 saturated carbocycles. The third kappa shape index (κ3) is 5.12. The van der Waals surface area contributed by atoms with Crippen molar-refractivity contribution in [2.75, 3.05) is 51.3 Å². The number of anilines is 1. The van der Waals surface area contributed by atoms with Crippen molar-refractivity contribution in [3.63, 3.8) is 0 Å². The SMILES string of the molecule is CCNC(=NCC1CCN(c2ccccc2OC)C1)N1CCC2(CCCC2)C1.I. The maximum absolute atomic E-state index is 5.55. The second kappa shape index (κ2) is 10.2. The number of para-hydroxylation sites is 2. The Morgan fingerprint density at radius 3 is 2.76 bits per heavy atom. The zero-order valence-corrected chi connectivity index (χ0v) is 20.4. The quantitative estimate of drug-likeness (QED) is 0.362. The van der Waals surface area contributed by atoms with E-state index in [1.165, 1.54) is 57.3 Å². The van der Waals surface area contributed by atoms with Gasteiger partial charge in [0.2, 0.25) is 0 Å². The Morgan fingerprint density at radius 1 is 1.21 bits per heavy atom. The number of halogens is 1. The lowest BCUT2D eigenvalue weighted by Gasteiger charge is -2.26. The van der Waals surface area contributed by atoms with E-state index in [2.05, 4.69) is 40.2 Å². The standard InChI is InChI=1S/C23H36N4O.HI/c1-3-24-22(27-15-13-23(18-27)11-6-7-12-23)25-16-19-10-14-26(17-19)20-8-4-5-9-21(20)28-2;/h4-5,8-9,19H,3,6-7,10-18H2,1-2H3,(H,24,25);1H. The first-order valence-electron chi connectivity index (χ1n) is 11.1. The van der Waals surface area contributed by atoms with Crippen LogP contribution in [0.5, 0.6) is 5.75 Å².